The predicted molar refractivity (Wildman–Crippen MR) is 67.5 cm³/mol. The molecule has 0 saturated carbocycles. The Balaban J connectivity index is 1.97. The van der Waals surface area contributed by atoms with Gasteiger partial charge in [0.05, 0.1) is 6.54 Å². The molecule has 2 rings (SSSR count). The third-order valence-corrected chi connectivity index (χ3v) is 3.01. The van der Waals surface area contributed by atoms with Crippen LogP contribution in [0.3, 0.4) is 0 Å². The second-order valence-corrected chi connectivity index (χ2v) is 4.56. The minimum Gasteiger partial charge on any atom is -0.465 e. The van der Waals surface area contributed by atoms with Crippen LogP contribution < -0.4 is 5.32 Å². The van der Waals surface area contributed by atoms with Gasteiger partial charge >= 0.3 is 6.09 Å². The molecular weight excluding hydrogens is 250 g/mol. The molecule has 1 heterocycles. The zero-order chi connectivity index (χ0) is 12.8. The van der Waals surface area contributed by atoms with Gasteiger partial charge in [-0.3, -0.25) is 0 Å². The van der Waals surface area contributed by atoms with E-state index in [-0.39, 0.29) is 6.54 Å². The maximum atomic E-state index is 10.3. The van der Waals surface area contributed by atoms with Crippen molar-refractivity contribution in [2.45, 2.75) is 16.3 Å². The highest BCUT2D eigenvalue weighted by molar-refractivity contribution is 7.99. The van der Waals surface area contributed by atoms with Crippen molar-refractivity contribution >= 4 is 17.9 Å². The molecular formula is C12H11N3O2S. The maximum Gasteiger partial charge on any atom is 0.405 e. The highest BCUT2D eigenvalue weighted by Crippen LogP contribution is 2.25. The first-order valence-electron chi connectivity index (χ1n) is 5.24. The molecule has 0 radical (unpaired) electrons. The number of nitrogens with one attached hydrogen (secondary N) is 1. The molecule has 0 bridgehead atoms. The van der Waals surface area contributed by atoms with Crippen molar-refractivity contribution in [1.82, 2.24) is 15.3 Å². The Morgan fingerprint density at radius 1 is 1.17 bits per heavy atom. The van der Waals surface area contributed by atoms with E-state index in [1.54, 1.807) is 24.2 Å². The summed E-state index contributed by atoms with van der Waals surface area (Å²) >= 11 is 1.56. The lowest BCUT2D eigenvalue weighted by atomic mass is 10.4. The van der Waals surface area contributed by atoms with Crippen molar-refractivity contribution in [3.63, 3.8) is 0 Å². The van der Waals surface area contributed by atoms with Crippen molar-refractivity contribution in [3.05, 3.63) is 48.5 Å². The molecule has 0 saturated heterocycles. The summed E-state index contributed by atoms with van der Waals surface area (Å²) in [6.07, 6.45) is 2.29. The molecule has 5 nitrogen and oxygen atoms in total. The summed E-state index contributed by atoms with van der Waals surface area (Å²) < 4.78 is 0. The molecule has 0 aliphatic rings. The van der Waals surface area contributed by atoms with Crippen LogP contribution in [0.5, 0.6) is 0 Å². The molecule has 0 atom stereocenters. The smallest absolute Gasteiger partial charge is 0.405 e. The summed E-state index contributed by atoms with van der Waals surface area (Å²) in [4.78, 5) is 20.5. The molecule has 18 heavy (non-hydrogen) atoms. The van der Waals surface area contributed by atoms with Crippen LogP contribution in [0.25, 0.3) is 0 Å². The zero-order valence-electron chi connectivity index (χ0n) is 9.41. The predicted octanol–water partition coefficient (Wildman–Crippen LogP) is 2.40. The lowest BCUT2D eigenvalue weighted by Crippen LogP contribution is -2.21. The number of benzene rings is 1. The van der Waals surface area contributed by atoms with Gasteiger partial charge in [-0.2, -0.15) is 0 Å². The first-order valence-corrected chi connectivity index (χ1v) is 6.06. The van der Waals surface area contributed by atoms with Crippen molar-refractivity contribution in [2.75, 3.05) is 0 Å². The molecule has 0 spiro atoms. The van der Waals surface area contributed by atoms with Gasteiger partial charge in [-0.25, -0.2) is 14.8 Å². The normalized spacial score (nSPS) is 10.0. The molecule has 0 aliphatic heterocycles. The number of carboxylic acid groups (broad SMARTS) is 1. The minimum atomic E-state index is -1.08. The Morgan fingerprint density at radius 2 is 1.83 bits per heavy atom. The van der Waals surface area contributed by atoms with E-state index >= 15 is 0 Å². The monoisotopic (exact) mass is 261 g/mol. The fraction of sp³-hybridized carbons (Fsp3) is 0.0833. The summed E-state index contributed by atoms with van der Waals surface area (Å²) in [7, 11) is 0. The summed E-state index contributed by atoms with van der Waals surface area (Å²) in [6.45, 7) is 0.117. The van der Waals surface area contributed by atoms with Gasteiger partial charge in [-0.15, -0.1) is 0 Å². The third kappa shape index (κ3) is 3.74. The Bertz CT molecular complexity index is 517. The second kappa shape index (κ2) is 6.02. The van der Waals surface area contributed by atoms with Crippen LogP contribution in [-0.4, -0.2) is 21.2 Å². The highest BCUT2D eigenvalue weighted by atomic mass is 32.2. The molecule has 2 N–H and O–H groups in total. The van der Waals surface area contributed by atoms with Gasteiger partial charge < -0.3 is 10.4 Å². The van der Waals surface area contributed by atoms with E-state index in [4.69, 9.17) is 5.11 Å². The maximum absolute atomic E-state index is 10.3. The van der Waals surface area contributed by atoms with Gasteiger partial charge in [0.15, 0.2) is 0 Å². The highest BCUT2D eigenvalue weighted by Gasteiger charge is 2.01. The lowest BCUT2D eigenvalue weighted by Gasteiger charge is -2.02. The van der Waals surface area contributed by atoms with E-state index in [1.165, 1.54) is 0 Å². The number of rotatable bonds is 4. The van der Waals surface area contributed by atoms with E-state index in [1.807, 2.05) is 30.3 Å². The summed E-state index contributed by atoms with van der Waals surface area (Å²) in [5.41, 5.74) is 0. The molecule has 1 amide bonds. The first-order chi connectivity index (χ1) is 8.74. The van der Waals surface area contributed by atoms with Crippen LogP contribution in [0.1, 0.15) is 5.82 Å². The standard InChI is InChI=1S/C12H11N3O2S/c16-12(17)15-8-11-13-6-10(7-14-11)18-9-4-2-1-3-5-9/h1-7,15H,8H2,(H,16,17). The summed E-state index contributed by atoms with van der Waals surface area (Å²) in [5.74, 6) is 0.454. The summed E-state index contributed by atoms with van der Waals surface area (Å²) in [5, 5.41) is 10.7. The quantitative estimate of drug-likeness (QED) is 0.883. The third-order valence-electron chi connectivity index (χ3n) is 2.06. The fourth-order valence-corrected chi connectivity index (χ4v) is 2.04. The molecule has 0 fully saturated rings. The van der Waals surface area contributed by atoms with E-state index in [2.05, 4.69) is 15.3 Å². The Hall–Kier alpha value is -2.08. The number of hydrogen-bond acceptors (Lipinski definition) is 4. The number of aromatic nitrogens is 2. The number of nitrogens with zero attached hydrogens (tertiary/aromatic N) is 2. The molecule has 92 valence electrons. The Kier molecular flexibility index (Phi) is 4.14. The molecule has 0 unspecified atom stereocenters. The van der Waals surface area contributed by atoms with Crippen molar-refractivity contribution in [1.29, 1.82) is 0 Å². The summed E-state index contributed by atoms with van der Waals surface area (Å²) in [6, 6.07) is 9.90. The van der Waals surface area contributed by atoms with E-state index in [0.29, 0.717) is 5.82 Å². The molecule has 2 aromatic rings. The number of hydrogen-bond donors (Lipinski definition) is 2. The van der Waals surface area contributed by atoms with Crippen LogP contribution in [-0.2, 0) is 6.54 Å². The van der Waals surface area contributed by atoms with Crippen LogP contribution in [0.2, 0.25) is 0 Å². The van der Waals surface area contributed by atoms with E-state index in [9.17, 15) is 4.79 Å². The number of amides is 1. The van der Waals surface area contributed by atoms with Crippen LogP contribution in [0, 0.1) is 0 Å². The van der Waals surface area contributed by atoms with E-state index < -0.39 is 6.09 Å². The Morgan fingerprint density at radius 3 is 2.44 bits per heavy atom. The van der Waals surface area contributed by atoms with Gasteiger partial charge in [0.25, 0.3) is 0 Å². The number of carbonyl (C=O) groups is 1. The lowest BCUT2D eigenvalue weighted by molar-refractivity contribution is 0.193. The minimum absolute atomic E-state index is 0.117. The van der Waals surface area contributed by atoms with Gasteiger partial charge in [0.2, 0.25) is 0 Å². The van der Waals surface area contributed by atoms with Crippen LogP contribution >= 0.6 is 11.8 Å². The first kappa shape index (κ1) is 12.4. The van der Waals surface area contributed by atoms with Crippen molar-refractivity contribution in [3.8, 4) is 0 Å². The topological polar surface area (TPSA) is 75.1 Å². The van der Waals surface area contributed by atoms with Gasteiger partial charge in [-0.05, 0) is 12.1 Å². The van der Waals surface area contributed by atoms with E-state index in [0.717, 1.165) is 9.79 Å². The molecule has 1 aromatic carbocycles. The van der Waals surface area contributed by atoms with Gasteiger partial charge in [-0.1, -0.05) is 30.0 Å². The van der Waals surface area contributed by atoms with Gasteiger partial charge in [0.1, 0.15) is 5.82 Å². The average molecular weight is 261 g/mol. The average Bonchev–Trinajstić information content (AvgIpc) is 2.39. The van der Waals surface area contributed by atoms with Crippen molar-refractivity contribution < 1.29 is 9.90 Å². The SMILES string of the molecule is O=C(O)NCc1ncc(Sc2ccccc2)cn1. The second-order valence-electron chi connectivity index (χ2n) is 3.41. The zero-order valence-corrected chi connectivity index (χ0v) is 10.2. The Labute approximate surface area is 108 Å². The molecule has 6 heteroatoms. The van der Waals surface area contributed by atoms with Gasteiger partial charge in [0, 0.05) is 22.2 Å². The van der Waals surface area contributed by atoms with Crippen molar-refractivity contribution in [2.24, 2.45) is 0 Å². The largest absolute Gasteiger partial charge is 0.465 e. The fourth-order valence-electron chi connectivity index (χ4n) is 1.27. The molecule has 1 aromatic heterocycles. The van der Waals surface area contributed by atoms with Crippen LogP contribution in [0.15, 0.2) is 52.5 Å². The molecule has 0 aliphatic carbocycles. The van der Waals surface area contributed by atoms with Crippen LogP contribution in [0.4, 0.5) is 4.79 Å².